The number of hydrogen-bond donors (Lipinski definition) is 1. The molecule has 1 atom stereocenters. The molecule has 3 nitrogen and oxygen atoms in total. The second kappa shape index (κ2) is 4.39. The Morgan fingerprint density at radius 3 is 2.88 bits per heavy atom. The van der Waals surface area contributed by atoms with Crippen LogP contribution in [0.4, 0.5) is 4.39 Å². The zero-order valence-electron chi connectivity index (χ0n) is 8.83. The van der Waals surface area contributed by atoms with Gasteiger partial charge in [-0.15, -0.1) is 12.4 Å². The molecule has 2 rings (SSSR count). The van der Waals surface area contributed by atoms with Gasteiger partial charge in [0.1, 0.15) is 11.4 Å². The maximum Gasteiger partial charge on any atom is 0.330 e. The highest BCUT2D eigenvalue weighted by atomic mass is 35.5. The van der Waals surface area contributed by atoms with E-state index < -0.39 is 11.5 Å². The zero-order chi connectivity index (χ0) is 11.1. The van der Waals surface area contributed by atoms with Crippen LogP contribution in [0, 0.1) is 5.82 Å². The van der Waals surface area contributed by atoms with Crippen molar-refractivity contribution in [3.63, 3.8) is 0 Å². The predicted octanol–water partition coefficient (Wildman–Crippen LogP) is 1.52. The first kappa shape index (κ1) is 12.9. The van der Waals surface area contributed by atoms with E-state index in [1.807, 2.05) is 0 Å². The number of hydrogen-bond acceptors (Lipinski definition) is 3. The van der Waals surface area contributed by atoms with Crippen LogP contribution < -0.4 is 5.73 Å². The first-order chi connectivity index (χ1) is 7.09. The van der Waals surface area contributed by atoms with E-state index in [4.69, 9.17) is 5.73 Å². The summed E-state index contributed by atoms with van der Waals surface area (Å²) in [6, 6.07) is 4.62. The Balaban J connectivity index is 0.00000128. The summed E-state index contributed by atoms with van der Waals surface area (Å²) < 4.78 is 18.0. The van der Waals surface area contributed by atoms with Crippen molar-refractivity contribution in [3.05, 3.63) is 35.1 Å². The molecule has 0 aliphatic heterocycles. The fourth-order valence-electron chi connectivity index (χ4n) is 2.08. The molecule has 0 saturated heterocycles. The van der Waals surface area contributed by atoms with Gasteiger partial charge in [0, 0.05) is 0 Å². The predicted molar refractivity (Wildman–Crippen MR) is 59.9 cm³/mol. The van der Waals surface area contributed by atoms with Crippen LogP contribution in [0.2, 0.25) is 0 Å². The number of halogens is 2. The quantitative estimate of drug-likeness (QED) is 0.764. The smallest absolute Gasteiger partial charge is 0.330 e. The molecule has 1 unspecified atom stereocenters. The first-order valence-corrected chi connectivity index (χ1v) is 4.75. The van der Waals surface area contributed by atoms with Crippen LogP contribution in [-0.4, -0.2) is 13.1 Å². The lowest BCUT2D eigenvalue weighted by Crippen LogP contribution is -2.43. The van der Waals surface area contributed by atoms with Gasteiger partial charge in [-0.3, -0.25) is 0 Å². The highest BCUT2D eigenvalue weighted by Crippen LogP contribution is 2.36. The molecule has 0 spiro atoms. The van der Waals surface area contributed by atoms with Crippen molar-refractivity contribution in [2.75, 3.05) is 7.11 Å². The largest absolute Gasteiger partial charge is 0.467 e. The number of carbonyl (C=O) groups is 1. The molecule has 1 aliphatic rings. The molecule has 0 bridgehead atoms. The Labute approximate surface area is 99.2 Å². The maximum atomic E-state index is 13.4. The minimum absolute atomic E-state index is 0. The van der Waals surface area contributed by atoms with Gasteiger partial charge in [-0.2, -0.15) is 0 Å². The molecular formula is C11H13ClFNO2. The fraction of sp³-hybridized carbons (Fsp3) is 0.364. The summed E-state index contributed by atoms with van der Waals surface area (Å²) in [6.45, 7) is 0. The number of methoxy groups -OCH3 is 1. The standard InChI is InChI=1S/C11H12FNO2.ClH/c1-15-10(14)11(13)6-5-7-8(11)3-2-4-9(7)12;/h2-4H,5-6,13H2,1H3;1H. The van der Waals surface area contributed by atoms with Crippen molar-refractivity contribution in [1.29, 1.82) is 0 Å². The third kappa shape index (κ3) is 1.68. The third-order valence-corrected chi connectivity index (χ3v) is 2.92. The van der Waals surface area contributed by atoms with E-state index >= 15 is 0 Å². The maximum absolute atomic E-state index is 13.4. The summed E-state index contributed by atoms with van der Waals surface area (Å²) in [5.74, 6) is -0.810. The van der Waals surface area contributed by atoms with Gasteiger partial charge >= 0.3 is 5.97 Å². The molecule has 2 N–H and O–H groups in total. The normalized spacial score (nSPS) is 22.2. The molecule has 88 valence electrons. The second-order valence-electron chi connectivity index (χ2n) is 3.73. The number of rotatable bonds is 1. The van der Waals surface area contributed by atoms with Crippen LogP contribution in [0.15, 0.2) is 18.2 Å². The van der Waals surface area contributed by atoms with Crippen LogP contribution in [0.25, 0.3) is 0 Å². The van der Waals surface area contributed by atoms with E-state index in [1.54, 1.807) is 12.1 Å². The lowest BCUT2D eigenvalue weighted by Gasteiger charge is -2.21. The van der Waals surface area contributed by atoms with Gasteiger partial charge in [-0.1, -0.05) is 12.1 Å². The number of ether oxygens (including phenoxy) is 1. The van der Waals surface area contributed by atoms with E-state index in [9.17, 15) is 9.18 Å². The lowest BCUT2D eigenvalue weighted by atomic mass is 9.93. The van der Waals surface area contributed by atoms with Crippen LogP contribution in [0.5, 0.6) is 0 Å². The number of carbonyl (C=O) groups excluding carboxylic acids is 1. The molecule has 0 amide bonds. The van der Waals surface area contributed by atoms with Crippen molar-refractivity contribution in [3.8, 4) is 0 Å². The minimum Gasteiger partial charge on any atom is -0.467 e. The van der Waals surface area contributed by atoms with E-state index in [1.165, 1.54) is 13.2 Å². The highest BCUT2D eigenvalue weighted by molar-refractivity contribution is 5.85. The van der Waals surface area contributed by atoms with Crippen LogP contribution in [0.3, 0.4) is 0 Å². The van der Waals surface area contributed by atoms with E-state index in [0.717, 1.165) is 0 Å². The average Bonchev–Trinajstić information content (AvgIpc) is 2.59. The van der Waals surface area contributed by atoms with Gasteiger partial charge in [0.2, 0.25) is 0 Å². The Morgan fingerprint density at radius 2 is 2.25 bits per heavy atom. The zero-order valence-corrected chi connectivity index (χ0v) is 9.64. The molecule has 0 heterocycles. The SMILES string of the molecule is COC(=O)C1(N)CCc2c(F)cccc21.Cl. The Morgan fingerprint density at radius 1 is 1.56 bits per heavy atom. The Kier molecular flexibility index (Phi) is 3.55. The van der Waals surface area contributed by atoms with Crippen molar-refractivity contribution in [2.45, 2.75) is 18.4 Å². The molecule has 0 saturated carbocycles. The topological polar surface area (TPSA) is 52.3 Å². The van der Waals surface area contributed by atoms with Crippen LogP contribution in [-0.2, 0) is 21.5 Å². The second-order valence-corrected chi connectivity index (χ2v) is 3.73. The van der Waals surface area contributed by atoms with Gasteiger partial charge in [0.25, 0.3) is 0 Å². The summed E-state index contributed by atoms with van der Waals surface area (Å²) in [5.41, 5.74) is 5.86. The van der Waals surface area contributed by atoms with Crippen molar-refractivity contribution < 1.29 is 13.9 Å². The van der Waals surface area contributed by atoms with E-state index in [2.05, 4.69) is 4.74 Å². The van der Waals surface area contributed by atoms with Gasteiger partial charge in [0.15, 0.2) is 0 Å². The summed E-state index contributed by atoms with van der Waals surface area (Å²) in [7, 11) is 1.29. The molecule has 16 heavy (non-hydrogen) atoms. The van der Waals surface area contributed by atoms with E-state index in [0.29, 0.717) is 24.0 Å². The molecule has 1 aromatic carbocycles. The van der Waals surface area contributed by atoms with Gasteiger partial charge in [-0.05, 0) is 30.0 Å². The first-order valence-electron chi connectivity index (χ1n) is 4.75. The third-order valence-electron chi connectivity index (χ3n) is 2.92. The molecule has 0 radical (unpaired) electrons. The number of fused-ring (bicyclic) bond motifs is 1. The monoisotopic (exact) mass is 245 g/mol. The summed E-state index contributed by atoms with van der Waals surface area (Å²) in [4.78, 5) is 11.5. The Bertz CT molecular complexity index is 424. The molecule has 0 fully saturated rings. The molecule has 1 aliphatic carbocycles. The Hall–Kier alpha value is -1.13. The number of nitrogens with two attached hydrogens (primary N) is 1. The molecule has 1 aromatic rings. The molecular weight excluding hydrogens is 233 g/mol. The van der Waals surface area contributed by atoms with Crippen molar-refractivity contribution in [2.24, 2.45) is 5.73 Å². The van der Waals surface area contributed by atoms with Crippen LogP contribution in [0.1, 0.15) is 17.5 Å². The summed E-state index contributed by atoms with van der Waals surface area (Å²) >= 11 is 0. The molecule has 0 aromatic heterocycles. The van der Waals surface area contributed by atoms with Crippen LogP contribution >= 0.6 is 12.4 Å². The highest BCUT2D eigenvalue weighted by Gasteiger charge is 2.43. The summed E-state index contributed by atoms with van der Waals surface area (Å²) in [6.07, 6.45) is 0.879. The lowest BCUT2D eigenvalue weighted by molar-refractivity contribution is -0.147. The van der Waals surface area contributed by atoms with Gasteiger partial charge in [0.05, 0.1) is 7.11 Å². The van der Waals surface area contributed by atoms with Crippen molar-refractivity contribution in [1.82, 2.24) is 0 Å². The number of esters is 1. The fourth-order valence-corrected chi connectivity index (χ4v) is 2.08. The number of benzene rings is 1. The van der Waals surface area contributed by atoms with Gasteiger partial charge in [-0.25, -0.2) is 9.18 Å². The summed E-state index contributed by atoms with van der Waals surface area (Å²) in [5, 5.41) is 0. The minimum atomic E-state index is -1.17. The van der Waals surface area contributed by atoms with Gasteiger partial charge < -0.3 is 10.5 Å². The van der Waals surface area contributed by atoms with Crippen molar-refractivity contribution >= 4 is 18.4 Å². The van der Waals surface area contributed by atoms with E-state index in [-0.39, 0.29) is 18.2 Å². The molecule has 5 heteroatoms. The average molecular weight is 246 g/mol.